The van der Waals surface area contributed by atoms with E-state index in [1.54, 1.807) is 38.3 Å². The van der Waals surface area contributed by atoms with Crippen LogP contribution in [0.1, 0.15) is 43.4 Å². The van der Waals surface area contributed by atoms with Gasteiger partial charge in [-0.2, -0.15) is 0 Å². The molecule has 2 aromatic carbocycles. The van der Waals surface area contributed by atoms with Crippen LogP contribution < -0.4 is 15.4 Å². The van der Waals surface area contributed by atoms with Crippen LogP contribution in [0.5, 0.6) is 5.75 Å². The van der Waals surface area contributed by atoms with Crippen molar-refractivity contribution in [2.75, 3.05) is 20.3 Å². The van der Waals surface area contributed by atoms with Crippen LogP contribution >= 0.6 is 0 Å². The lowest BCUT2D eigenvalue weighted by Crippen LogP contribution is -2.47. The fourth-order valence-corrected chi connectivity index (χ4v) is 3.59. The molecule has 0 saturated heterocycles. The van der Waals surface area contributed by atoms with E-state index in [4.69, 9.17) is 14.2 Å². The average Bonchev–Trinajstić information content (AvgIpc) is 2.83. The van der Waals surface area contributed by atoms with Crippen molar-refractivity contribution in [2.45, 2.75) is 32.2 Å². The minimum absolute atomic E-state index is 0.0353. The van der Waals surface area contributed by atoms with Gasteiger partial charge in [0.25, 0.3) is 0 Å². The molecule has 0 aromatic heterocycles. The van der Waals surface area contributed by atoms with Crippen molar-refractivity contribution in [3.63, 3.8) is 0 Å². The third kappa shape index (κ3) is 6.12. The molecule has 2 amide bonds. The molecule has 0 saturated carbocycles. The van der Waals surface area contributed by atoms with Gasteiger partial charge in [-0.25, -0.2) is 9.59 Å². The number of carbonyl (C=O) groups is 3. The fraction of sp³-hybridized carbons (Fsp3) is 0.320. The molecule has 0 fully saturated rings. The molecule has 3 rings (SSSR count). The number of carbonyl (C=O) groups excluding carboxylic acids is 3. The highest BCUT2D eigenvalue weighted by Gasteiger charge is 2.34. The molecule has 2 aromatic rings. The molecule has 0 aliphatic carbocycles. The summed E-state index contributed by atoms with van der Waals surface area (Å²) in [6, 6.07) is 15.3. The highest BCUT2D eigenvalue weighted by atomic mass is 16.5. The first kappa shape index (κ1) is 23.8. The first-order chi connectivity index (χ1) is 15.9. The maximum atomic E-state index is 12.8. The smallest absolute Gasteiger partial charge is 0.338 e. The average molecular weight is 453 g/mol. The molecule has 0 bridgehead atoms. The largest absolute Gasteiger partial charge is 0.497 e. The Morgan fingerprint density at radius 2 is 1.73 bits per heavy atom. The summed E-state index contributed by atoms with van der Waals surface area (Å²) in [4.78, 5) is 37.6. The summed E-state index contributed by atoms with van der Waals surface area (Å²) in [5, 5.41) is 5.34. The highest BCUT2D eigenvalue weighted by molar-refractivity contribution is 5.95. The van der Waals surface area contributed by atoms with Crippen molar-refractivity contribution >= 4 is 18.0 Å². The minimum atomic E-state index is -0.763. The van der Waals surface area contributed by atoms with Crippen LogP contribution in [0, 0.1) is 0 Å². The molecular formula is C25H28N2O6. The lowest BCUT2D eigenvalue weighted by molar-refractivity contribution is -0.144. The van der Waals surface area contributed by atoms with Gasteiger partial charge in [-0.3, -0.25) is 4.79 Å². The lowest BCUT2D eigenvalue weighted by atomic mass is 9.95. The molecule has 1 aliphatic heterocycles. The number of ether oxygens (including phenoxy) is 3. The van der Waals surface area contributed by atoms with E-state index in [-0.39, 0.29) is 36.8 Å². The third-order valence-corrected chi connectivity index (χ3v) is 5.32. The van der Waals surface area contributed by atoms with Crippen molar-refractivity contribution < 1.29 is 28.6 Å². The molecule has 2 atom stereocenters. The number of esters is 2. The Kier molecular flexibility index (Phi) is 8.07. The number of amides is 2. The summed E-state index contributed by atoms with van der Waals surface area (Å²) in [5.41, 5.74) is 2.06. The quantitative estimate of drug-likeness (QED) is 0.564. The predicted octanol–water partition coefficient (Wildman–Crippen LogP) is 3.60. The molecular weight excluding hydrogens is 424 g/mol. The van der Waals surface area contributed by atoms with Gasteiger partial charge in [0, 0.05) is 0 Å². The zero-order valence-corrected chi connectivity index (χ0v) is 18.9. The molecule has 33 heavy (non-hydrogen) atoms. The van der Waals surface area contributed by atoms with E-state index in [2.05, 4.69) is 10.6 Å². The number of rotatable bonds is 9. The summed E-state index contributed by atoms with van der Waals surface area (Å²) in [6.07, 6.45) is 0.167. The van der Waals surface area contributed by atoms with E-state index in [0.717, 1.165) is 5.56 Å². The second-order valence-corrected chi connectivity index (χ2v) is 7.59. The van der Waals surface area contributed by atoms with E-state index in [9.17, 15) is 14.4 Å². The molecule has 0 radical (unpaired) electrons. The lowest BCUT2D eigenvalue weighted by Gasteiger charge is -2.29. The van der Waals surface area contributed by atoms with E-state index in [1.165, 1.54) is 0 Å². The number of hydrogen-bond acceptors (Lipinski definition) is 6. The summed E-state index contributed by atoms with van der Waals surface area (Å²) >= 11 is 0. The van der Waals surface area contributed by atoms with Gasteiger partial charge < -0.3 is 24.8 Å². The van der Waals surface area contributed by atoms with E-state index in [0.29, 0.717) is 11.3 Å². The van der Waals surface area contributed by atoms with Gasteiger partial charge in [0.2, 0.25) is 0 Å². The first-order valence-electron chi connectivity index (χ1n) is 10.7. The highest BCUT2D eigenvalue weighted by Crippen LogP contribution is 2.29. The second kappa shape index (κ2) is 11.2. The van der Waals surface area contributed by atoms with Gasteiger partial charge in [0.05, 0.1) is 37.4 Å². The molecule has 8 nitrogen and oxygen atoms in total. The molecule has 0 spiro atoms. The van der Waals surface area contributed by atoms with Crippen molar-refractivity contribution in [2.24, 2.45) is 0 Å². The van der Waals surface area contributed by atoms with Crippen molar-refractivity contribution in [3.05, 3.63) is 77.0 Å². The maximum Gasteiger partial charge on any atom is 0.338 e. The number of nitrogens with one attached hydrogen (secondary N) is 2. The zero-order valence-electron chi connectivity index (χ0n) is 18.9. The Balaban J connectivity index is 1.80. The van der Waals surface area contributed by atoms with Crippen LogP contribution in [0.2, 0.25) is 0 Å². The molecule has 0 unspecified atom stereocenters. The molecule has 8 heteroatoms. The predicted molar refractivity (Wildman–Crippen MR) is 121 cm³/mol. The SMILES string of the molecule is CCOC(=O)C1=C(COC(=O)C[C@@H](C)c2ccccc2)NC(=O)N[C@H]1c1ccc(OC)cc1. The monoisotopic (exact) mass is 452 g/mol. The Morgan fingerprint density at radius 3 is 2.36 bits per heavy atom. The molecule has 2 N–H and O–H groups in total. The number of methoxy groups -OCH3 is 1. The van der Waals surface area contributed by atoms with Gasteiger partial charge >= 0.3 is 18.0 Å². The normalized spacial score (nSPS) is 16.3. The van der Waals surface area contributed by atoms with Crippen LogP contribution in [0.3, 0.4) is 0 Å². The van der Waals surface area contributed by atoms with Crippen LogP contribution in [-0.4, -0.2) is 38.3 Å². The zero-order chi connectivity index (χ0) is 23.8. The number of urea groups is 1. The van der Waals surface area contributed by atoms with Gasteiger partial charge in [-0.05, 0) is 36.1 Å². The van der Waals surface area contributed by atoms with Crippen molar-refractivity contribution in [1.82, 2.24) is 10.6 Å². The summed E-state index contributed by atoms with van der Waals surface area (Å²) in [7, 11) is 1.55. The Hall–Kier alpha value is -3.81. The topological polar surface area (TPSA) is 103 Å². The van der Waals surface area contributed by atoms with E-state index < -0.39 is 24.0 Å². The first-order valence-corrected chi connectivity index (χ1v) is 10.7. The fourth-order valence-electron chi connectivity index (χ4n) is 3.59. The van der Waals surface area contributed by atoms with Crippen molar-refractivity contribution in [1.29, 1.82) is 0 Å². The molecule has 1 heterocycles. The Morgan fingerprint density at radius 1 is 1.03 bits per heavy atom. The van der Waals surface area contributed by atoms with Crippen molar-refractivity contribution in [3.8, 4) is 5.75 Å². The third-order valence-electron chi connectivity index (χ3n) is 5.32. The standard InChI is InChI=1S/C25H28N2O6/c1-4-32-24(29)22-20(15-33-21(28)14-16(2)17-8-6-5-7-9-17)26-25(30)27-23(22)18-10-12-19(31-3)13-11-18/h5-13,16,23H,4,14-15H2,1-3H3,(H2,26,27,30)/t16-,23+/m1/s1. The Bertz CT molecular complexity index is 1020. The van der Waals surface area contributed by atoms with E-state index >= 15 is 0 Å². The minimum Gasteiger partial charge on any atom is -0.497 e. The molecule has 174 valence electrons. The summed E-state index contributed by atoms with van der Waals surface area (Å²) < 4.78 is 15.8. The van der Waals surface area contributed by atoms with Gasteiger partial charge in [-0.15, -0.1) is 0 Å². The summed E-state index contributed by atoms with van der Waals surface area (Å²) in [5.74, 6) is -0.431. The van der Waals surface area contributed by atoms with Crippen LogP contribution in [0.15, 0.2) is 65.9 Å². The van der Waals surface area contributed by atoms with Gasteiger partial charge in [-0.1, -0.05) is 49.4 Å². The van der Waals surface area contributed by atoms with Gasteiger partial charge in [0.1, 0.15) is 12.4 Å². The summed E-state index contributed by atoms with van der Waals surface area (Å²) in [6.45, 7) is 3.54. The second-order valence-electron chi connectivity index (χ2n) is 7.59. The van der Waals surface area contributed by atoms with Crippen LogP contribution in [0.25, 0.3) is 0 Å². The number of hydrogen-bond donors (Lipinski definition) is 2. The van der Waals surface area contributed by atoms with Crippen LogP contribution in [-0.2, 0) is 19.1 Å². The number of benzene rings is 2. The Labute approximate surface area is 192 Å². The maximum absolute atomic E-state index is 12.8. The van der Waals surface area contributed by atoms with E-state index in [1.807, 2.05) is 37.3 Å². The molecule has 1 aliphatic rings. The van der Waals surface area contributed by atoms with Gasteiger partial charge in [0.15, 0.2) is 0 Å². The van der Waals surface area contributed by atoms with Crippen LogP contribution in [0.4, 0.5) is 4.79 Å².